The van der Waals surface area contributed by atoms with Crippen molar-refractivity contribution in [3.05, 3.63) is 29.8 Å². The third-order valence-electron chi connectivity index (χ3n) is 3.91. The maximum Gasteiger partial charge on any atom is 0.244 e. The first kappa shape index (κ1) is 15.4. The van der Waals surface area contributed by atoms with Gasteiger partial charge in [-0.05, 0) is 37.5 Å². The lowest BCUT2D eigenvalue weighted by atomic mass is 10.1. The number of nitrogens with one attached hydrogen (secondary N) is 1. The highest BCUT2D eigenvalue weighted by molar-refractivity contribution is 5.84. The van der Waals surface area contributed by atoms with Gasteiger partial charge in [-0.25, -0.2) is 0 Å². The molecular weight excluding hydrogens is 262 g/mol. The number of nitrogens with zero attached hydrogens (tertiary/aromatic N) is 2. The van der Waals surface area contributed by atoms with Gasteiger partial charge in [-0.15, -0.1) is 0 Å². The first-order valence-corrected chi connectivity index (χ1v) is 7.72. The van der Waals surface area contributed by atoms with Gasteiger partial charge in [-0.3, -0.25) is 4.79 Å². The number of hydrogen-bond acceptors (Lipinski definition) is 3. The van der Waals surface area contributed by atoms with E-state index in [1.54, 1.807) is 0 Å². The van der Waals surface area contributed by atoms with Gasteiger partial charge in [-0.2, -0.15) is 5.26 Å². The number of carbonyl (C=O) groups excluding carboxylic acids is 1. The van der Waals surface area contributed by atoms with Crippen LogP contribution in [0.25, 0.3) is 0 Å². The van der Waals surface area contributed by atoms with Crippen molar-refractivity contribution in [1.82, 2.24) is 4.90 Å². The molecule has 4 heteroatoms. The fourth-order valence-electron chi connectivity index (χ4n) is 2.69. The van der Waals surface area contributed by atoms with Crippen LogP contribution < -0.4 is 5.32 Å². The molecule has 1 heterocycles. The monoisotopic (exact) mass is 285 g/mol. The highest BCUT2D eigenvalue weighted by Crippen LogP contribution is 2.14. The van der Waals surface area contributed by atoms with Crippen molar-refractivity contribution in [2.75, 3.05) is 18.4 Å². The van der Waals surface area contributed by atoms with Crippen LogP contribution >= 0.6 is 0 Å². The molecule has 112 valence electrons. The van der Waals surface area contributed by atoms with Crippen LogP contribution in [-0.4, -0.2) is 29.9 Å². The Morgan fingerprint density at radius 1 is 1.24 bits per heavy atom. The lowest BCUT2D eigenvalue weighted by Crippen LogP contribution is -2.41. The van der Waals surface area contributed by atoms with Gasteiger partial charge in [0.05, 0.1) is 12.5 Å². The summed E-state index contributed by atoms with van der Waals surface area (Å²) in [5.74, 6) is 0.179. The van der Waals surface area contributed by atoms with E-state index < -0.39 is 0 Å². The molecule has 1 N–H and O–H groups in total. The van der Waals surface area contributed by atoms with Crippen molar-refractivity contribution in [2.45, 2.75) is 45.1 Å². The second-order valence-corrected chi connectivity index (χ2v) is 5.64. The number of amides is 1. The quantitative estimate of drug-likeness (QED) is 0.925. The molecule has 1 amide bonds. The van der Waals surface area contributed by atoms with Gasteiger partial charge in [-0.1, -0.05) is 25.0 Å². The van der Waals surface area contributed by atoms with Gasteiger partial charge < -0.3 is 10.2 Å². The van der Waals surface area contributed by atoms with Gasteiger partial charge in [0.15, 0.2) is 0 Å². The first-order valence-electron chi connectivity index (χ1n) is 7.72. The Labute approximate surface area is 126 Å². The van der Waals surface area contributed by atoms with E-state index >= 15 is 0 Å². The summed E-state index contributed by atoms with van der Waals surface area (Å²) in [7, 11) is 0. The zero-order valence-electron chi connectivity index (χ0n) is 12.6. The van der Waals surface area contributed by atoms with Gasteiger partial charge in [0.2, 0.25) is 5.91 Å². The Morgan fingerprint density at radius 2 is 1.86 bits per heavy atom. The van der Waals surface area contributed by atoms with E-state index in [0.717, 1.165) is 37.2 Å². The van der Waals surface area contributed by atoms with E-state index in [1.165, 1.54) is 12.8 Å². The average molecular weight is 285 g/mol. The molecule has 0 saturated carbocycles. The zero-order chi connectivity index (χ0) is 15.1. The molecule has 1 fully saturated rings. The summed E-state index contributed by atoms with van der Waals surface area (Å²) >= 11 is 0. The molecule has 1 unspecified atom stereocenters. The van der Waals surface area contributed by atoms with Gasteiger partial charge in [0.1, 0.15) is 6.04 Å². The van der Waals surface area contributed by atoms with Crippen molar-refractivity contribution in [3.8, 4) is 6.07 Å². The molecule has 21 heavy (non-hydrogen) atoms. The highest BCUT2D eigenvalue weighted by Gasteiger charge is 2.21. The second kappa shape index (κ2) is 7.68. The van der Waals surface area contributed by atoms with Crippen molar-refractivity contribution in [2.24, 2.45) is 0 Å². The normalized spacial score (nSPS) is 16.7. The Kier molecular flexibility index (Phi) is 5.62. The molecule has 1 aromatic carbocycles. The Bertz CT molecular complexity index is 496. The maximum atomic E-state index is 12.4. The third-order valence-corrected chi connectivity index (χ3v) is 3.91. The summed E-state index contributed by atoms with van der Waals surface area (Å²) in [6, 6.07) is 9.62. The van der Waals surface area contributed by atoms with Crippen LogP contribution in [0.5, 0.6) is 0 Å². The summed E-state index contributed by atoms with van der Waals surface area (Å²) in [5.41, 5.74) is 1.92. The molecule has 1 aromatic rings. The van der Waals surface area contributed by atoms with Crippen molar-refractivity contribution in [1.29, 1.82) is 5.26 Å². The van der Waals surface area contributed by atoms with E-state index in [1.807, 2.05) is 36.1 Å². The van der Waals surface area contributed by atoms with E-state index in [-0.39, 0.29) is 11.9 Å². The molecule has 4 nitrogen and oxygen atoms in total. The van der Waals surface area contributed by atoms with Gasteiger partial charge in [0, 0.05) is 18.8 Å². The molecular formula is C17H23N3O. The summed E-state index contributed by atoms with van der Waals surface area (Å²) in [5, 5.41) is 11.9. The zero-order valence-corrected chi connectivity index (χ0v) is 12.6. The number of rotatable bonds is 4. The fraction of sp³-hybridized carbons (Fsp3) is 0.529. The number of carbonyl (C=O) groups is 1. The number of hydrogen-bond donors (Lipinski definition) is 1. The molecule has 1 aliphatic rings. The lowest BCUT2D eigenvalue weighted by Gasteiger charge is -2.25. The van der Waals surface area contributed by atoms with E-state index in [2.05, 4.69) is 11.4 Å². The summed E-state index contributed by atoms with van der Waals surface area (Å²) in [4.78, 5) is 14.4. The van der Waals surface area contributed by atoms with Crippen molar-refractivity contribution < 1.29 is 4.79 Å². The minimum atomic E-state index is -0.218. The van der Waals surface area contributed by atoms with Crippen LogP contribution in [-0.2, 0) is 11.2 Å². The van der Waals surface area contributed by atoms with Crippen molar-refractivity contribution >= 4 is 11.6 Å². The highest BCUT2D eigenvalue weighted by atomic mass is 16.2. The summed E-state index contributed by atoms with van der Waals surface area (Å²) in [6.45, 7) is 3.67. The van der Waals surface area contributed by atoms with Crippen LogP contribution in [0.2, 0.25) is 0 Å². The summed E-state index contributed by atoms with van der Waals surface area (Å²) < 4.78 is 0. The lowest BCUT2D eigenvalue weighted by molar-refractivity contribution is -0.131. The predicted octanol–water partition coefficient (Wildman–Crippen LogP) is 2.96. The van der Waals surface area contributed by atoms with Crippen LogP contribution in [0.4, 0.5) is 5.69 Å². The van der Waals surface area contributed by atoms with E-state index in [9.17, 15) is 4.79 Å². The minimum Gasteiger partial charge on any atom is -0.374 e. The first-order chi connectivity index (χ1) is 10.2. The van der Waals surface area contributed by atoms with Crippen LogP contribution in [0.15, 0.2) is 24.3 Å². The Morgan fingerprint density at radius 3 is 2.43 bits per heavy atom. The van der Waals surface area contributed by atoms with Gasteiger partial charge in [0.25, 0.3) is 0 Å². The van der Waals surface area contributed by atoms with Crippen molar-refractivity contribution in [3.63, 3.8) is 0 Å². The smallest absolute Gasteiger partial charge is 0.244 e. The van der Waals surface area contributed by atoms with Gasteiger partial charge >= 0.3 is 0 Å². The molecule has 0 radical (unpaired) electrons. The Balaban J connectivity index is 1.91. The minimum absolute atomic E-state index is 0.179. The van der Waals surface area contributed by atoms with E-state index in [4.69, 9.17) is 5.26 Å². The predicted molar refractivity (Wildman–Crippen MR) is 83.9 cm³/mol. The fourth-order valence-corrected chi connectivity index (χ4v) is 2.69. The SMILES string of the molecule is CC(Nc1ccc(CC#N)cc1)C(=O)N1CCCCCC1. The molecule has 1 atom stereocenters. The second-order valence-electron chi connectivity index (χ2n) is 5.64. The molecule has 1 saturated heterocycles. The number of nitriles is 1. The van der Waals surface area contributed by atoms with Crippen LogP contribution in [0, 0.1) is 11.3 Å². The molecule has 0 bridgehead atoms. The summed E-state index contributed by atoms with van der Waals surface area (Å²) in [6.07, 6.45) is 5.10. The standard InChI is InChI=1S/C17H23N3O/c1-14(17(21)20-12-4-2-3-5-13-20)19-16-8-6-15(7-9-16)10-11-18/h6-9,14,19H,2-5,10,12-13H2,1H3. The third kappa shape index (κ3) is 4.49. The van der Waals surface area contributed by atoms with Crippen LogP contribution in [0.1, 0.15) is 38.2 Å². The van der Waals surface area contributed by atoms with Crippen LogP contribution in [0.3, 0.4) is 0 Å². The number of benzene rings is 1. The maximum absolute atomic E-state index is 12.4. The largest absolute Gasteiger partial charge is 0.374 e. The molecule has 0 aromatic heterocycles. The number of likely N-dealkylation sites (tertiary alicyclic amines) is 1. The molecule has 0 aliphatic carbocycles. The van der Waals surface area contributed by atoms with E-state index in [0.29, 0.717) is 6.42 Å². The number of anilines is 1. The molecule has 0 spiro atoms. The topological polar surface area (TPSA) is 56.1 Å². The average Bonchev–Trinajstić information content (AvgIpc) is 2.78. The Hall–Kier alpha value is -2.02. The molecule has 1 aliphatic heterocycles. The molecule has 2 rings (SSSR count).